The summed E-state index contributed by atoms with van der Waals surface area (Å²) in [7, 11) is 0. The number of amides is 2. The predicted molar refractivity (Wildman–Crippen MR) is 87.6 cm³/mol. The Morgan fingerprint density at radius 1 is 1.17 bits per heavy atom. The summed E-state index contributed by atoms with van der Waals surface area (Å²) >= 11 is 0. The minimum absolute atomic E-state index is 0.0493. The van der Waals surface area contributed by atoms with Gasteiger partial charge < -0.3 is 15.4 Å². The Bertz CT molecular complexity index is 543. The molecule has 23 heavy (non-hydrogen) atoms. The number of carbonyl (C=O) groups is 3. The van der Waals surface area contributed by atoms with E-state index in [0.717, 1.165) is 24.7 Å². The zero-order chi connectivity index (χ0) is 17.1. The van der Waals surface area contributed by atoms with Gasteiger partial charge in [-0.2, -0.15) is 0 Å². The molecule has 0 aromatic heterocycles. The van der Waals surface area contributed by atoms with Crippen LogP contribution in [0.2, 0.25) is 0 Å². The average Bonchev–Trinajstić information content (AvgIpc) is 2.55. The number of ether oxygens (including phenoxy) is 1. The van der Waals surface area contributed by atoms with Crippen LogP contribution in [0.25, 0.3) is 0 Å². The quantitative estimate of drug-likeness (QED) is 0.505. The minimum atomic E-state index is -0.205. The molecule has 0 saturated heterocycles. The molecule has 0 spiro atoms. The molecular weight excluding hydrogens is 296 g/mol. The molecule has 0 unspecified atom stereocenters. The summed E-state index contributed by atoms with van der Waals surface area (Å²) in [5.74, 6) is 0.313. The van der Waals surface area contributed by atoms with Crippen molar-refractivity contribution in [2.45, 2.75) is 33.1 Å². The van der Waals surface area contributed by atoms with Gasteiger partial charge in [0, 0.05) is 31.1 Å². The smallest absolute Gasteiger partial charge is 0.257 e. The summed E-state index contributed by atoms with van der Waals surface area (Å²) in [6.45, 7) is 4.48. The number of rotatable bonds is 10. The second kappa shape index (κ2) is 10.4. The molecule has 0 saturated carbocycles. The third kappa shape index (κ3) is 6.95. The van der Waals surface area contributed by atoms with Crippen LogP contribution < -0.4 is 15.4 Å². The maximum absolute atomic E-state index is 11.7. The first-order chi connectivity index (χ1) is 11.1. The molecule has 0 aliphatic carbocycles. The lowest BCUT2D eigenvalue weighted by molar-refractivity contribution is -0.123. The number of carbonyl (C=O) groups excluding carboxylic acids is 3. The fourth-order valence-corrected chi connectivity index (χ4v) is 2.14. The predicted octanol–water partition coefficient (Wildman–Crippen LogP) is 1.47. The van der Waals surface area contributed by atoms with Crippen LogP contribution in [-0.4, -0.2) is 37.8 Å². The SMILES string of the molecule is CCc1c(C=O)cccc1OCC(=O)NCCCCNC(C)=O. The van der Waals surface area contributed by atoms with E-state index in [0.29, 0.717) is 30.8 Å². The van der Waals surface area contributed by atoms with Crippen LogP contribution in [0.3, 0.4) is 0 Å². The van der Waals surface area contributed by atoms with Crippen LogP contribution in [0.15, 0.2) is 18.2 Å². The third-order valence-electron chi connectivity index (χ3n) is 3.31. The molecule has 0 radical (unpaired) electrons. The van der Waals surface area contributed by atoms with Crippen LogP contribution in [0.1, 0.15) is 42.6 Å². The van der Waals surface area contributed by atoms with Crippen molar-refractivity contribution in [2.24, 2.45) is 0 Å². The fraction of sp³-hybridized carbons (Fsp3) is 0.471. The molecule has 126 valence electrons. The maximum atomic E-state index is 11.7. The lowest BCUT2D eigenvalue weighted by Crippen LogP contribution is -2.30. The van der Waals surface area contributed by atoms with Crippen molar-refractivity contribution in [3.63, 3.8) is 0 Å². The summed E-state index contributed by atoms with van der Waals surface area (Å²) < 4.78 is 5.51. The Morgan fingerprint density at radius 2 is 1.87 bits per heavy atom. The number of hydrogen-bond acceptors (Lipinski definition) is 4. The van der Waals surface area contributed by atoms with Gasteiger partial charge in [0.2, 0.25) is 5.91 Å². The Kier molecular flexibility index (Phi) is 8.42. The molecule has 0 aliphatic heterocycles. The lowest BCUT2D eigenvalue weighted by atomic mass is 10.1. The molecule has 0 bridgehead atoms. The van der Waals surface area contributed by atoms with Crippen LogP contribution in [0, 0.1) is 0 Å². The Balaban J connectivity index is 2.31. The van der Waals surface area contributed by atoms with Gasteiger partial charge in [0.15, 0.2) is 6.61 Å². The number of unbranched alkanes of at least 4 members (excludes halogenated alkanes) is 1. The Labute approximate surface area is 136 Å². The molecule has 0 atom stereocenters. The van der Waals surface area contributed by atoms with E-state index in [1.807, 2.05) is 6.92 Å². The standard InChI is InChI=1S/C17H24N2O4/c1-3-15-14(11-20)7-6-8-16(15)23-12-17(22)19-10-5-4-9-18-13(2)21/h6-8,11H,3-5,9-10,12H2,1-2H3,(H,18,21)(H,19,22). The third-order valence-corrected chi connectivity index (χ3v) is 3.31. The molecule has 0 aliphatic rings. The molecule has 0 fully saturated rings. The Hall–Kier alpha value is -2.37. The van der Waals surface area contributed by atoms with Crippen molar-refractivity contribution >= 4 is 18.1 Å². The van der Waals surface area contributed by atoms with Gasteiger partial charge >= 0.3 is 0 Å². The summed E-state index contributed by atoms with van der Waals surface area (Å²) in [4.78, 5) is 33.4. The lowest BCUT2D eigenvalue weighted by Gasteiger charge is -2.12. The first-order valence-electron chi connectivity index (χ1n) is 7.79. The summed E-state index contributed by atoms with van der Waals surface area (Å²) in [6.07, 6.45) is 3.05. The molecule has 2 N–H and O–H groups in total. The van der Waals surface area contributed by atoms with Crippen molar-refractivity contribution in [3.05, 3.63) is 29.3 Å². The normalized spacial score (nSPS) is 10.0. The van der Waals surface area contributed by atoms with E-state index in [1.165, 1.54) is 6.92 Å². The van der Waals surface area contributed by atoms with Crippen LogP contribution in [-0.2, 0) is 16.0 Å². The summed E-state index contributed by atoms with van der Waals surface area (Å²) in [5.41, 5.74) is 1.40. The van der Waals surface area contributed by atoms with E-state index in [2.05, 4.69) is 10.6 Å². The van der Waals surface area contributed by atoms with E-state index in [1.54, 1.807) is 18.2 Å². The molecule has 1 aromatic carbocycles. The van der Waals surface area contributed by atoms with Gasteiger partial charge in [-0.1, -0.05) is 19.1 Å². The van der Waals surface area contributed by atoms with Gasteiger partial charge in [-0.15, -0.1) is 0 Å². The topological polar surface area (TPSA) is 84.5 Å². The van der Waals surface area contributed by atoms with Gasteiger partial charge in [-0.3, -0.25) is 14.4 Å². The Morgan fingerprint density at radius 3 is 2.48 bits per heavy atom. The molecule has 0 heterocycles. The first kappa shape index (κ1) is 18.7. The number of aldehydes is 1. The minimum Gasteiger partial charge on any atom is -0.483 e. The van der Waals surface area contributed by atoms with Crippen LogP contribution in [0.4, 0.5) is 0 Å². The van der Waals surface area contributed by atoms with Crippen molar-refractivity contribution in [3.8, 4) is 5.75 Å². The molecule has 6 nitrogen and oxygen atoms in total. The van der Waals surface area contributed by atoms with Crippen molar-refractivity contribution < 1.29 is 19.1 Å². The largest absolute Gasteiger partial charge is 0.483 e. The van der Waals surface area contributed by atoms with Crippen molar-refractivity contribution in [2.75, 3.05) is 19.7 Å². The number of benzene rings is 1. The molecule has 6 heteroatoms. The van der Waals surface area contributed by atoms with E-state index >= 15 is 0 Å². The number of hydrogen-bond donors (Lipinski definition) is 2. The highest BCUT2D eigenvalue weighted by atomic mass is 16.5. The van der Waals surface area contributed by atoms with Crippen LogP contribution >= 0.6 is 0 Å². The second-order valence-electron chi connectivity index (χ2n) is 5.12. The molecule has 2 amide bonds. The molecule has 1 aromatic rings. The highest BCUT2D eigenvalue weighted by Gasteiger charge is 2.09. The van der Waals surface area contributed by atoms with E-state index in [9.17, 15) is 14.4 Å². The zero-order valence-electron chi connectivity index (χ0n) is 13.7. The van der Waals surface area contributed by atoms with Crippen LogP contribution in [0.5, 0.6) is 5.75 Å². The van der Waals surface area contributed by atoms with Gasteiger partial charge in [0.25, 0.3) is 5.91 Å². The van der Waals surface area contributed by atoms with Gasteiger partial charge in [-0.25, -0.2) is 0 Å². The van der Waals surface area contributed by atoms with Gasteiger partial charge in [-0.05, 0) is 25.3 Å². The second-order valence-corrected chi connectivity index (χ2v) is 5.12. The zero-order valence-corrected chi connectivity index (χ0v) is 13.7. The number of nitrogens with one attached hydrogen (secondary N) is 2. The van der Waals surface area contributed by atoms with Crippen molar-refractivity contribution in [1.82, 2.24) is 10.6 Å². The highest BCUT2D eigenvalue weighted by molar-refractivity contribution is 5.79. The van der Waals surface area contributed by atoms with E-state index in [4.69, 9.17) is 4.74 Å². The van der Waals surface area contributed by atoms with E-state index < -0.39 is 0 Å². The summed E-state index contributed by atoms with van der Waals surface area (Å²) in [5, 5.41) is 5.46. The molecular formula is C17H24N2O4. The van der Waals surface area contributed by atoms with Crippen molar-refractivity contribution in [1.29, 1.82) is 0 Å². The highest BCUT2D eigenvalue weighted by Crippen LogP contribution is 2.21. The van der Waals surface area contributed by atoms with E-state index in [-0.39, 0.29) is 18.4 Å². The van der Waals surface area contributed by atoms with Gasteiger partial charge in [0.05, 0.1) is 0 Å². The first-order valence-corrected chi connectivity index (χ1v) is 7.79. The fourth-order valence-electron chi connectivity index (χ4n) is 2.14. The van der Waals surface area contributed by atoms with Gasteiger partial charge in [0.1, 0.15) is 12.0 Å². The average molecular weight is 320 g/mol. The monoisotopic (exact) mass is 320 g/mol. The maximum Gasteiger partial charge on any atom is 0.257 e. The summed E-state index contributed by atoms with van der Waals surface area (Å²) in [6, 6.07) is 5.22. The molecule has 1 rings (SSSR count).